The van der Waals surface area contributed by atoms with Crippen molar-refractivity contribution in [1.82, 2.24) is 10.3 Å². The van der Waals surface area contributed by atoms with Gasteiger partial charge in [0.25, 0.3) is 5.91 Å². The fourth-order valence-electron chi connectivity index (χ4n) is 2.48. The third-order valence-corrected chi connectivity index (χ3v) is 4.60. The summed E-state index contributed by atoms with van der Waals surface area (Å²) in [5, 5.41) is 3.84. The van der Waals surface area contributed by atoms with E-state index in [1.807, 2.05) is 25.1 Å². The molecule has 5 heteroatoms. The van der Waals surface area contributed by atoms with Crippen molar-refractivity contribution >= 4 is 28.8 Å². The molecule has 1 amide bonds. The predicted molar refractivity (Wildman–Crippen MR) is 76.8 cm³/mol. The van der Waals surface area contributed by atoms with Crippen molar-refractivity contribution in [3.63, 3.8) is 0 Å². The van der Waals surface area contributed by atoms with Gasteiger partial charge in [-0.1, -0.05) is 17.7 Å². The largest absolute Gasteiger partial charge is 0.344 e. The van der Waals surface area contributed by atoms with Crippen LogP contribution in [0.5, 0.6) is 0 Å². The average molecular weight is 293 g/mol. The SMILES string of the molecule is Cc1ncsc1C(=O)N[C@@H]1CCc2cc(Cl)ccc21. The van der Waals surface area contributed by atoms with Crippen molar-refractivity contribution in [2.45, 2.75) is 25.8 Å². The number of carbonyl (C=O) groups excluding carboxylic acids is 1. The number of benzene rings is 1. The minimum absolute atomic E-state index is 0.0344. The lowest BCUT2D eigenvalue weighted by Crippen LogP contribution is -2.26. The van der Waals surface area contributed by atoms with Crippen LogP contribution < -0.4 is 5.32 Å². The lowest BCUT2D eigenvalue weighted by Gasteiger charge is -2.13. The summed E-state index contributed by atoms with van der Waals surface area (Å²) in [6, 6.07) is 5.96. The number of carbonyl (C=O) groups is 1. The first kappa shape index (κ1) is 12.6. The van der Waals surface area contributed by atoms with Crippen LogP contribution in [0.4, 0.5) is 0 Å². The van der Waals surface area contributed by atoms with Gasteiger partial charge in [-0.15, -0.1) is 11.3 Å². The third-order valence-electron chi connectivity index (χ3n) is 3.44. The molecule has 1 aromatic carbocycles. The molecule has 0 bridgehead atoms. The molecule has 1 N–H and O–H groups in total. The number of nitrogens with zero attached hydrogens (tertiary/aromatic N) is 1. The third kappa shape index (κ3) is 2.38. The summed E-state index contributed by atoms with van der Waals surface area (Å²) >= 11 is 7.37. The maximum atomic E-state index is 12.2. The van der Waals surface area contributed by atoms with Gasteiger partial charge in [-0.2, -0.15) is 0 Å². The molecule has 1 aliphatic carbocycles. The highest BCUT2D eigenvalue weighted by molar-refractivity contribution is 7.11. The molecule has 0 saturated heterocycles. The molecular weight excluding hydrogens is 280 g/mol. The molecule has 1 atom stereocenters. The van der Waals surface area contributed by atoms with Gasteiger partial charge in [0, 0.05) is 5.02 Å². The Hall–Kier alpha value is -1.39. The van der Waals surface area contributed by atoms with Crippen LogP contribution in [0.25, 0.3) is 0 Å². The smallest absolute Gasteiger partial charge is 0.263 e. The Morgan fingerprint density at radius 1 is 1.53 bits per heavy atom. The Kier molecular flexibility index (Phi) is 3.29. The highest BCUT2D eigenvalue weighted by Crippen LogP contribution is 2.33. The van der Waals surface area contributed by atoms with Gasteiger partial charge in [0.15, 0.2) is 0 Å². The summed E-state index contributed by atoms with van der Waals surface area (Å²) in [6.45, 7) is 1.85. The van der Waals surface area contributed by atoms with Crippen LogP contribution in [-0.2, 0) is 6.42 Å². The fraction of sp³-hybridized carbons (Fsp3) is 0.286. The highest BCUT2D eigenvalue weighted by Gasteiger charge is 2.25. The van der Waals surface area contributed by atoms with Gasteiger partial charge in [-0.05, 0) is 43.0 Å². The van der Waals surface area contributed by atoms with Crippen LogP contribution in [0.1, 0.15) is 39.0 Å². The molecule has 0 radical (unpaired) electrons. The van der Waals surface area contributed by atoms with E-state index in [9.17, 15) is 4.79 Å². The zero-order valence-electron chi connectivity index (χ0n) is 10.4. The van der Waals surface area contributed by atoms with Crippen molar-refractivity contribution in [2.24, 2.45) is 0 Å². The highest BCUT2D eigenvalue weighted by atomic mass is 35.5. The lowest BCUT2D eigenvalue weighted by atomic mass is 10.1. The number of halogens is 1. The van der Waals surface area contributed by atoms with Crippen molar-refractivity contribution in [3.8, 4) is 0 Å². The van der Waals surface area contributed by atoms with E-state index >= 15 is 0 Å². The molecule has 0 unspecified atom stereocenters. The molecule has 19 heavy (non-hydrogen) atoms. The van der Waals surface area contributed by atoms with E-state index in [-0.39, 0.29) is 11.9 Å². The first-order valence-corrected chi connectivity index (χ1v) is 7.40. The van der Waals surface area contributed by atoms with Crippen LogP contribution in [-0.4, -0.2) is 10.9 Å². The second-order valence-corrected chi connectivity index (χ2v) is 5.97. The van der Waals surface area contributed by atoms with Crippen LogP contribution in [0, 0.1) is 6.92 Å². The maximum Gasteiger partial charge on any atom is 0.263 e. The maximum absolute atomic E-state index is 12.2. The minimum atomic E-state index is -0.0344. The molecule has 1 aliphatic rings. The monoisotopic (exact) mass is 292 g/mol. The van der Waals surface area contributed by atoms with E-state index in [0.717, 1.165) is 23.6 Å². The summed E-state index contributed by atoms with van der Waals surface area (Å²) < 4.78 is 0. The number of nitrogens with one attached hydrogen (secondary N) is 1. The van der Waals surface area contributed by atoms with Crippen molar-refractivity contribution in [2.75, 3.05) is 0 Å². The van der Waals surface area contributed by atoms with Gasteiger partial charge >= 0.3 is 0 Å². The van der Waals surface area contributed by atoms with E-state index in [1.165, 1.54) is 22.5 Å². The van der Waals surface area contributed by atoms with Gasteiger partial charge in [0.05, 0.1) is 17.2 Å². The predicted octanol–water partition coefficient (Wildman–Crippen LogP) is 3.52. The zero-order valence-corrected chi connectivity index (χ0v) is 12.0. The molecule has 0 spiro atoms. The summed E-state index contributed by atoms with van der Waals surface area (Å²) in [4.78, 5) is 17.0. The Labute approximate surface area is 120 Å². The quantitative estimate of drug-likeness (QED) is 0.920. The number of fused-ring (bicyclic) bond motifs is 1. The molecule has 2 aromatic rings. The number of rotatable bonds is 2. The standard InChI is InChI=1S/C14H13ClN2OS/c1-8-13(19-7-16-8)14(18)17-12-5-2-9-6-10(15)3-4-11(9)12/h3-4,6-7,12H,2,5H2,1H3,(H,17,18)/t12-/m1/s1. The van der Waals surface area contributed by atoms with Gasteiger partial charge in [0.2, 0.25) is 0 Å². The zero-order chi connectivity index (χ0) is 13.4. The molecule has 98 valence electrons. The number of hydrogen-bond donors (Lipinski definition) is 1. The molecule has 0 aliphatic heterocycles. The molecule has 1 heterocycles. The Morgan fingerprint density at radius 3 is 3.11 bits per heavy atom. The molecule has 0 saturated carbocycles. The summed E-state index contributed by atoms with van der Waals surface area (Å²) in [7, 11) is 0. The molecule has 1 aromatic heterocycles. The summed E-state index contributed by atoms with van der Waals surface area (Å²) in [6.07, 6.45) is 1.89. The topological polar surface area (TPSA) is 42.0 Å². The van der Waals surface area contributed by atoms with Crippen LogP contribution in [0.3, 0.4) is 0 Å². The first-order chi connectivity index (χ1) is 9.15. The van der Waals surface area contributed by atoms with Gasteiger partial charge in [0.1, 0.15) is 4.88 Å². The van der Waals surface area contributed by atoms with Gasteiger partial charge < -0.3 is 5.32 Å². The van der Waals surface area contributed by atoms with Crippen LogP contribution in [0.15, 0.2) is 23.7 Å². The van der Waals surface area contributed by atoms with Gasteiger partial charge in [-0.3, -0.25) is 4.79 Å². The fourth-order valence-corrected chi connectivity index (χ4v) is 3.38. The Bertz CT molecular complexity index is 638. The number of thiazole rings is 1. The van der Waals surface area contributed by atoms with E-state index in [0.29, 0.717) is 4.88 Å². The molecule has 3 rings (SSSR count). The molecule has 3 nitrogen and oxygen atoms in total. The second kappa shape index (κ2) is 4.94. The number of aryl methyl sites for hydroxylation is 2. The number of hydrogen-bond acceptors (Lipinski definition) is 3. The summed E-state index contributed by atoms with van der Waals surface area (Å²) in [5.41, 5.74) is 4.91. The van der Waals surface area contributed by atoms with Crippen LogP contribution >= 0.6 is 22.9 Å². The second-order valence-electron chi connectivity index (χ2n) is 4.67. The van der Waals surface area contributed by atoms with E-state index < -0.39 is 0 Å². The number of aromatic nitrogens is 1. The molecule has 0 fully saturated rings. The van der Waals surface area contributed by atoms with Gasteiger partial charge in [-0.25, -0.2) is 4.98 Å². The van der Waals surface area contributed by atoms with Crippen LogP contribution in [0.2, 0.25) is 5.02 Å². The first-order valence-electron chi connectivity index (χ1n) is 6.14. The normalized spacial score (nSPS) is 17.3. The van der Waals surface area contributed by atoms with E-state index in [2.05, 4.69) is 10.3 Å². The van der Waals surface area contributed by atoms with Crippen molar-refractivity contribution in [1.29, 1.82) is 0 Å². The minimum Gasteiger partial charge on any atom is -0.344 e. The molecular formula is C14H13ClN2OS. The Morgan fingerprint density at radius 2 is 2.37 bits per heavy atom. The van der Waals surface area contributed by atoms with Crippen molar-refractivity contribution in [3.05, 3.63) is 50.4 Å². The van der Waals surface area contributed by atoms with Crippen molar-refractivity contribution < 1.29 is 4.79 Å². The Balaban J connectivity index is 1.80. The lowest BCUT2D eigenvalue weighted by molar-refractivity contribution is 0.0940. The average Bonchev–Trinajstić information content (AvgIpc) is 2.96. The number of amides is 1. The van der Waals surface area contributed by atoms with E-state index in [1.54, 1.807) is 5.51 Å². The summed E-state index contributed by atoms with van der Waals surface area (Å²) in [5.74, 6) is -0.0344. The van der Waals surface area contributed by atoms with E-state index in [4.69, 9.17) is 11.6 Å².